The summed E-state index contributed by atoms with van der Waals surface area (Å²) in [6, 6.07) is 41.7. The maximum absolute atomic E-state index is 5.16. The molecular weight excluding hydrogens is 527 g/mol. The zero-order valence-corrected chi connectivity index (χ0v) is 22.8. The molecule has 10 rings (SSSR count). The Morgan fingerprint density at radius 2 is 1.23 bits per heavy atom. The van der Waals surface area contributed by atoms with Gasteiger partial charge in [-0.2, -0.15) is 0 Å². The molecule has 0 bridgehead atoms. The molecule has 0 saturated heterocycles. The van der Waals surface area contributed by atoms with Crippen LogP contribution in [0.3, 0.4) is 0 Å². The Balaban J connectivity index is 1.36. The van der Waals surface area contributed by atoms with Crippen molar-refractivity contribution in [3.8, 4) is 5.69 Å². The number of rotatable bonds is 1. The molecule has 0 aliphatic rings. The van der Waals surface area contributed by atoms with Crippen LogP contribution in [0, 0.1) is 0 Å². The van der Waals surface area contributed by atoms with Crippen molar-refractivity contribution in [3.05, 3.63) is 115 Å². The van der Waals surface area contributed by atoms with Gasteiger partial charge in [-0.25, -0.2) is 4.98 Å². The van der Waals surface area contributed by atoms with Gasteiger partial charge in [-0.3, -0.25) is 4.40 Å². The number of hydrogen-bond donors (Lipinski definition) is 0. The minimum atomic E-state index is 1.01. The molecule has 0 amide bonds. The van der Waals surface area contributed by atoms with Crippen LogP contribution in [-0.2, 0) is 0 Å². The third kappa shape index (κ3) is 2.57. The second-order valence-electron chi connectivity index (χ2n) is 10.4. The van der Waals surface area contributed by atoms with E-state index >= 15 is 0 Å². The minimum Gasteiger partial charge on any atom is -0.301 e. The van der Waals surface area contributed by atoms with Crippen LogP contribution in [0.5, 0.6) is 0 Å². The number of benzene rings is 5. The summed E-state index contributed by atoms with van der Waals surface area (Å²) in [5.41, 5.74) is 6.73. The molecule has 0 spiro atoms. The molecule has 0 radical (unpaired) electrons. The fourth-order valence-corrected chi connectivity index (χ4v) is 9.43. The van der Waals surface area contributed by atoms with Gasteiger partial charge in [-0.05, 0) is 41.8 Å². The lowest BCUT2D eigenvalue weighted by Gasteiger charge is -2.10. The number of imidazole rings is 1. The van der Waals surface area contributed by atoms with Gasteiger partial charge in [-0.1, -0.05) is 78.9 Å². The maximum atomic E-state index is 5.16. The van der Waals surface area contributed by atoms with Gasteiger partial charge in [0.25, 0.3) is 0 Å². The van der Waals surface area contributed by atoms with E-state index < -0.39 is 0 Å². The zero-order chi connectivity index (χ0) is 25.9. The van der Waals surface area contributed by atoms with Crippen LogP contribution >= 0.6 is 22.7 Å². The lowest BCUT2D eigenvalue weighted by molar-refractivity contribution is 1.19. The van der Waals surface area contributed by atoms with Gasteiger partial charge in [0.15, 0.2) is 0 Å². The highest BCUT2D eigenvalue weighted by Crippen LogP contribution is 2.48. The molecule has 0 fully saturated rings. The van der Waals surface area contributed by atoms with Crippen molar-refractivity contribution in [1.29, 1.82) is 0 Å². The Bertz CT molecular complexity index is 2660. The van der Waals surface area contributed by atoms with Crippen LogP contribution in [0.15, 0.2) is 115 Å². The van der Waals surface area contributed by atoms with E-state index in [2.05, 4.69) is 124 Å². The van der Waals surface area contributed by atoms with Crippen LogP contribution in [0.1, 0.15) is 0 Å². The minimum absolute atomic E-state index is 1.01. The monoisotopic (exact) mass is 545 g/mol. The van der Waals surface area contributed by atoms with Crippen molar-refractivity contribution in [2.24, 2.45) is 0 Å². The second-order valence-corrected chi connectivity index (χ2v) is 12.4. The summed E-state index contributed by atoms with van der Waals surface area (Å²) >= 11 is 3.82. The molecule has 3 nitrogen and oxygen atoms in total. The Morgan fingerprint density at radius 1 is 0.525 bits per heavy atom. The summed E-state index contributed by atoms with van der Waals surface area (Å²) in [7, 11) is 0. The summed E-state index contributed by atoms with van der Waals surface area (Å²) in [5.74, 6) is 0. The van der Waals surface area contributed by atoms with Crippen molar-refractivity contribution < 1.29 is 0 Å². The summed E-state index contributed by atoms with van der Waals surface area (Å²) in [6.45, 7) is 0. The first-order valence-corrected chi connectivity index (χ1v) is 15.0. The van der Waals surface area contributed by atoms with Gasteiger partial charge in [0.05, 0.1) is 31.5 Å². The standard InChI is InChI=1S/C35H19N3S2/c1-2-11-23-21(9-1)22-10-3-6-14-27(22)38-29-19-20(17-18-26(29)36-34(23)38)37-28-15-7-4-12-24(28)31-33-32(40-35(31)37)25-13-5-8-16-30(25)39-33/h1-19H. The van der Waals surface area contributed by atoms with E-state index in [0.29, 0.717) is 0 Å². The smallest absolute Gasteiger partial charge is 0.146 e. The molecule has 0 saturated carbocycles. The number of hydrogen-bond acceptors (Lipinski definition) is 3. The van der Waals surface area contributed by atoms with E-state index in [1.54, 1.807) is 0 Å². The summed E-state index contributed by atoms with van der Waals surface area (Å²) in [4.78, 5) is 6.46. The fourth-order valence-electron chi connectivity index (χ4n) is 6.61. The number of para-hydroxylation sites is 2. The van der Waals surface area contributed by atoms with E-state index in [0.717, 1.165) is 22.4 Å². The molecule has 5 heterocycles. The molecule has 5 aromatic heterocycles. The highest BCUT2D eigenvalue weighted by Gasteiger charge is 2.21. The fraction of sp³-hybridized carbons (Fsp3) is 0. The predicted molar refractivity (Wildman–Crippen MR) is 173 cm³/mol. The Hall–Kier alpha value is -4.71. The van der Waals surface area contributed by atoms with Crippen molar-refractivity contribution in [1.82, 2.24) is 14.0 Å². The average molecular weight is 546 g/mol. The first-order valence-electron chi connectivity index (χ1n) is 13.4. The van der Waals surface area contributed by atoms with E-state index in [1.165, 1.54) is 62.3 Å². The Kier molecular flexibility index (Phi) is 3.95. The molecule has 5 aromatic carbocycles. The highest BCUT2D eigenvalue weighted by molar-refractivity contribution is 7.36. The van der Waals surface area contributed by atoms with Gasteiger partial charge in [0.2, 0.25) is 0 Å². The normalized spacial score (nSPS) is 12.5. The molecular formula is C35H19N3S2. The number of nitrogens with zero attached hydrogens (tertiary/aromatic N) is 3. The van der Waals surface area contributed by atoms with E-state index in [1.807, 2.05) is 22.7 Å². The molecule has 0 atom stereocenters. The molecule has 186 valence electrons. The quantitative estimate of drug-likeness (QED) is 0.188. The molecule has 0 aliphatic carbocycles. The highest BCUT2D eigenvalue weighted by atomic mass is 32.1. The molecule has 10 aromatic rings. The van der Waals surface area contributed by atoms with Crippen LogP contribution in [0.25, 0.3) is 84.6 Å². The second kappa shape index (κ2) is 7.48. The van der Waals surface area contributed by atoms with Crippen molar-refractivity contribution in [3.63, 3.8) is 0 Å². The van der Waals surface area contributed by atoms with E-state index in [-0.39, 0.29) is 0 Å². The number of pyridine rings is 1. The van der Waals surface area contributed by atoms with Gasteiger partial charge < -0.3 is 4.57 Å². The lowest BCUT2D eigenvalue weighted by atomic mass is 10.1. The Labute approximate surface area is 235 Å². The molecule has 40 heavy (non-hydrogen) atoms. The van der Waals surface area contributed by atoms with Crippen LogP contribution in [-0.4, -0.2) is 14.0 Å². The molecule has 0 N–H and O–H groups in total. The molecule has 5 heteroatoms. The number of thiophene rings is 2. The summed E-state index contributed by atoms with van der Waals surface area (Å²) in [5, 5.41) is 7.70. The van der Waals surface area contributed by atoms with Crippen LogP contribution in [0.4, 0.5) is 0 Å². The zero-order valence-electron chi connectivity index (χ0n) is 21.1. The van der Waals surface area contributed by atoms with Crippen molar-refractivity contribution in [2.75, 3.05) is 0 Å². The Morgan fingerprint density at radius 3 is 2.10 bits per heavy atom. The number of fused-ring (bicyclic) bond motifs is 15. The first-order chi connectivity index (χ1) is 19.8. The molecule has 0 aliphatic heterocycles. The predicted octanol–water partition coefficient (Wildman–Crippen LogP) is 10.3. The molecule has 0 unspecified atom stereocenters. The van der Waals surface area contributed by atoms with Gasteiger partial charge >= 0.3 is 0 Å². The average Bonchev–Trinajstić information content (AvgIpc) is 3.74. The van der Waals surface area contributed by atoms with Crippen LogP contribution < -0.4 is 0 Å². The SMILES string of the molecule is c1ccc2c(c1)sc1c2sc2c1c1ccccc1n2-c1ccc2nc3c4ccccc4c4ccccc4n3c2c1. The van der Waals surface area contributed by atoms with Crippen molar-refractivity contribution in [2.45, 2.75) is 0 Å². The van der Waals surface area contributed by atoms with Gasteiger partial charge in [0, 0.05) is 37.3 Å². The first kappa shape index (κ1) is 21.2. The van der Waals surface area contributed by atoms with E-state index in [9.17, 15) is 0 Å². The summed E-state index contributed by atoms with van der Waals surface area (Å²) in [6.07, 6.45) is 0. The van der Waals surface area contributed by atoms with Gasteiger partial charge in [-0.15, -0.1) is 22.7 Å². The van der Waals surface area contributed by atoms with Crippen LogP contribution in [0.2, 0.25) is 0 Å². The summed E-state index contributed by atoms with van der Waals surface area (Å²) < 4.78 is 8.94. The maximum Gasteiger partial charge on any atom is 0.146 e. The van der Waals surface area contributed by atoms with Crippen molar-refractivity contribution >= 4 is 102 Å². The van der Waals surface area contributed by atoms with E-state index in [4.69, 9.17) is 4.98 Å². The largest absolute Gasteiger partial charge is 0.301 e. The lowest BCUT2D eigenvalue weighted by Crippen LogP contribution is -1.94. The number of aromatic nitrogens is 3. The third-order valence-electron chi connectivity index (χ3n) is 8.31. The topological polar surface area (TPSA) is 22.2 Å². The third-order valence-corrected chi connectivity index (χ3v) is 10.8. The van der Waals surface area contributed by atoms with Gasteiger partial charge in [0.1, 0.15) is 10.5 Å².